The van der Waals surface area contributed by atoms with Gasteiger partial charge in [-0.1, -0.05) is 11.6 Å². The lowest BCUT2D eigenvalue weighted by molar-refractivity contribution is -0.112. The highest BCUT2D eigenvalue weighted by Crippen LogP contribution is 2.46. The van der Waals surface area contributed by atoms with E-state index in [0.29, 0.717) is 5.15 Å². The van der Waals surface area contributed by atoms with E-state index in [4.69, 9.17) is 11.6 Å². The van der Waals surface area contributed by atoms with E-state index in [1.807, 2.05) is 11.6 Å². The maximum atomic E-state index is 10.7. The topological polar surface area (TPSA) is 34.9 Å². The van der Waals surface area contributed by atoms with Crippen molar-refractivity contribution in [1.29, 1.82) is 0 Å². The Hall–Kier alpha value is -0.830. The number of hydrogen-bond donors (Lipinski definition) is 0. The first-order valence-electron chi connectivity index (χ1n) is 4.29. The van der Waals surface area contributed by atoms with Gasteiger partial charge in [0, 0.05) is 18.9 Å². The van der Waals surface area contributed by atoms with Crippen molar-refractivity contribution in [2.24, 2.45) is 12.5 Å². The summed E-state index contributed by atoms with van der Waals surface area (Å²) in [7, 11) is 1.87. The molecule has 0 bridgehead atoms. The van der Waals surface area contributed by atoms with E-state index in [0.717, 1.165) is 31.4 Å². The second-order valence-electron chi connectivity index (χ2n) is 3.71. The Morgan fingerprint density at radius 3 is 2.85 bits per heavy atom. The van der Waals surface area contributed by atoms with Crippen LogP contribution in [0.15, 0.2) is 6.20 Å². The Bertz CT molecular complexity index is 341. The summed E-state index contributed by atoms with van der Waals surface area (Å²) in [5, 5.41) is 0.622. The van der Waals surface area contributed by atoms with Crippen LogP contribution in [-0.2, 0) is 18.3 Å². The highest BCUT2D eigenvalue weighted by Gasteiger charge is 2.43. The number of aromatic nitrogens is 2. The predicted octanol–water partition coefficient (Wildman–Crippen LogP) is 1.60. The first-order valence-corrected chi connectivity index (χ1v) is 4.67. The van der Waals surface area contributed by atoms with Crippen LogP contribution in [0.25, 0.3) is 0 Å². The highest BCUT2D eigenvalue weighted by atomic mass is 35.5. The molecule has 70 valence electrons. The van der Waals surface area contributed by atoms with E-state index >= 15 is 0 Å². The minimum Gasteiger partial charge on any atom is -0.322 e. The van der Waals surface area contributed by atoms with Crippen LogP contribution in [0.5, 0.6) is 0 Å². The quantitative estimate of drug-likeness (QED) is 0.692. The second kappa shape index (κ2) is 2.84. The van der Waals surface area contributed by atoms with Crippen molar-refractivity contribution in [2.75, 3.05) is 0 Å². The lowest BCUT2D eigenvalue weighted by Crippen LogP contribution is -2.10. The van der Waals surface area contributed by atoms with Crippen LogP contribution in [0.4, 0.5) is 0 Å². The van der Waals surface area contributed by atoms with Crippen molar-refractivity contribution in [3.05, 3.63) is 17.2 Å². The summed E-state index contributed by atoms with van der Waals surface area (Å²) in [6.07, 6.45) is 5.37. The normalized spacial score (nSPS) is 18.6. The molecular formula is C9H11ClN2O. The van der Waals surface area contributed by atoms with Gasteiger partial charge in [0.15, 0.2) is 0 Å². The third kappa shape index (κ3) is 1.48. The van der Waals surface area contributed by atoms with Gasteiger partial charge in [0.1, 0.15) is 17.3 Å². The number of imidazole rings is 1. The standard InChI is InChI=1S/C9H11ClN2O/c1-12-7(10)5-11-8(12)4-9(6-13)2-3-9/h5-6H,2-4H2,1H3. The molecule has 1 aromatic rings. The molecule has 0 radical (unpaired) electrons. The van der Waals surface area contributed by atoms with Gasteiger partial charge in [0.05, 0.1) is 6.20 Å². The van der Waals surface area contributed by atoms with Crippen LogP contribution in [0.2, 0.25) is 5.15 Å². The summed E-state index contributed by atoms with van der Waals surface area (Å²) in [6, 6.07) is 0. The lowest BCUT2D eigenvalue weighted by Gasteiger charge is -2.06. The Kier molecular flexibility index (Phi) is 1.91. The van der Waals surface area contributed by atoms with E-state index in [9.17, 15) is 4.79 Å². The van der Waals surface area contributed by atoms with Gasteiger partial charge in [-0.2, -0.15) is 0 Å². The van der Waals surface area contributed by atoms with Crippen molar-refractivity contribution >= 4 is 17.9 Å². The lowest BCUT2D eigenvalue weighted by atomic mass is 10.1. The molecule has 3 nitrogen and oxygen atoms in total. The molecule has 0 unspecified atom stereocenters. The van der Waals surface area contributed by atoms with Crippen molar-refractivity contribution in [1.82, 2.24) is 9.55 Å². The molecule has 1 aliphatic carbocycles. The monoisotopic (exact) mass is 198 g/mol. The Labute approximate surface area is 81.7 Å². The Morgan fingerprint density at radius 2 is 2.46 bits per heavy atom. The van der Waals surface area contributed by atoms with Crippen LogP contribution >= 0.6 is 11.6 Å². The fraction of sp³-hybridized carbons (Fsp3) is 0.556. The first kappa shape index (κ1) is 8.75. The number of carbonyl (C=O) groups is 1. The maximum absolute atomic E-state index is 10.7. The summed E-state index contributed by atoms with van der Waals surface area (Å²) in [4.78, 5) is 14.9. The molecule has 0 atom stereocenters. The maximum Gasteiger partial charge on any atom is 0.128 e. The summed E-state index contributed by atoms with van der Waals surface area (Å²) >= 11 is 5.83. The zero-order valence-corrected chi connectivity index (χ0v) is 8.21. The zero-order chi connectivity index (χ0) is 9.47. The third-order valence-electron chi connectivity index (χ3n) is 2.68. The van der Waals surface area contributed by atoms with Gasteiger partial charge in [0.25, 0.3) is 0 Å². The van der Waals surface area contributed by atoms with Crippen LogP contribution < -0.4 is 0 Å². The van der Waals surface area contributed by atoms with Gasteiger partial charge in [-0.3, -0.25) is 0 Å². The molecule has 0 spiro atoms. The summed E-state index contributed by atoms with van der Waals surface area (Å²) < 4.78 is 1.82. The van der Waals surface area contributed by atoms with E-state index in [1.165, 1.54) is 0 Å². The van der Waals surface area contributed by atoms with Gasteiger partial charge in [-0.15, -0.1) is 0 Å². The largest absolute Gasteiger partial charge is 0.322 e. The molecule has 1 heterocycles. The number of rotatable bonds is 3. The number of hydrogen-bond acceptors (Lipinski definition) is 2. The number of halogens is 1. The summed E-state index contributed by atoms with van der Waals surface area (Å²) in [5.41, 5.74) is -0.123. The molecule has 13 heavy (non-hydrogen) atoms. The summed E-state index contributed by atoms with van der Waals surface area (Å²) in [6.45, 7) is 0. The molecule has 1 saturated carbocycles. The molecule has 0 saturated heterocycles. The molecule has 0 N–H and O–H groups in total. The van der Waals surface area contributed by atoms with Gasteiger partial charge in [-0.05, 0) is 12.8 Å². The fourth-order valence-corrected chi connectivity index (χ4v) is 1.55. The van der Waals surface area contributed by atoms with Crippen LogP contribution in [-0.4, -0.2) is 15.8 Å². The van der Waals surface area contributed by atoms with Crippen molar-refractivity contribution in [2.45, 2.75) is 19.3 Å². The van der Waals surface area contributed by atoms with Crippen LogP contribution in [0.1, 0.15) is 18.7 Å². The smallest absolute Gasteiger partial charge is 0.128 e. The van der Waals surface area contributed by atoms with Crippen molar-refractivity contribution in [3.8, 4) is 0 Å². The average molecular weight is 199 g/mol. The molecule has 0 amide bonds. The number of carbonyl (C=O) groups excluding carboxylic acids is 1. The molecule has 0 aromatic carbocycles. The predicted molar refractivity (Wildman–Crippen MR) is 49.7 cm³/mol. The van der Waals surface area contributed by atoms with E-state index in [-0.39, 0.29) is 5.41 Å². The molecule has 4 heteroatoms. The average Bonchev–Trinajstić information content (AvgIpc) is 2.85. The zero-order valence-electron chi connectivity index (χ0n) is 7.46. The van der Waals surface area contributed by atoms with Gasteiger partial charge >= 0.3 is 0 Å². The first-order chi connectivity index (χ1) is 6.17. The fourth-order valence-electron chi connectivity index (χ4n) is 1.40. The third-order valence-corrected chi connectivity index (χ3v) is 3.03. The van der Waals surface area contributed by atoms with Gasteiger partial charge in [0.2, 0.25) is 0 Å². The van der Waals surface area contributed by atoms with Crippen LogP contribution in [0, 0.1) is 5.41 Å². The Morgan fingerprint density at radius 1 is 1.77 bits per heavy atom. The molecule has 2 rings (SSSR count). The SMILES string of the molecule is Cn1c(Cl)cnc1CC1(C=O)CC1. The molecular weight excluding hydrogens is 188 g/mol. The molecule has 0 aliphatic heterocycles. The van der Waals surface area contributed by atoms with E-state index in [2.05, 4.69) is 4.98 Å². The molecule has 1 fully saturated rings. The van der Waals surface area contributed by atoms with Crippen molar-refractivity contribution < 1.29 is 4.79 Å². The van der Waals surface area contributed by atoms with E-state index < -0.39 is 0 Å². The molecule has 1 aliphatic rings. The van der Waals surface area contributed by atoms with Crippen molar-refractivity contribution in [3.63, 3.8) is 0 Å². The minimum absolute atomic E-state index is 0.123. The number of nitrogens with zero attached hydrogens (tertiary/aromatic N) is 2. The Balaban J connectivity index is 2.18. The minimum atomic E-state index is -0.123. The summed E-state index contributed by atoms with van der Waals surface area (Å²) in [5.74, 6) is 0.898. The highest BCUT2D eigenvalue weighted by molar-refractivity contribution is 6.29. The van der Waals surface area contributed by atoms with Gasteiger partial charge < -0.3 is 9.36 Å². The van der Waals surface area contributed by atoms with Crippen LogP contribution in [0.3, 0.4) is 0 Å². The second-order valence-corrected chi connectivity index (χ2v) is 4.10. The van der Waals surface area contributed by atoms with E-state index in [1.54, 1.807) is 6.20 Å². The number of aldehydes is 1. The molecule has 1 aromatic heterocycles. The van der Waals surface area contributed by atoms with Gasteiger partial charge in [-0.25, -0.2) is 4.98 Å².